The second kappa shape index (κ2) is 4.95. The molecule has 0 saturated heterocycles. The van der Waals surface area contributed by atoms with Crippen LogP contribution in [0.15, 0.2) is 12.3 Å². The van der Waals surface area contributed by atoms with Crippen molar-refractivity contribution >= 4 is 40.2 Å². The minimum Gasteiger partial charge on any atom is -0.377 e. The molecule has 0 atom stereocenters. The summed E-state index contributed by atoms with van der Waals surface area (Å²) in [5.41, 5.74) is 0.674. The van der Waals surface area contributed by atoms with Crippen LogP contribution in [0.5, 0.6) is 0 Å². The number of nitrogens with one attached hydrogen (secondary N) is 1. The average molecular weight is 275 g/mol. The Hall–Kier alpha value is -0.910. The van der Waals surface area contributed by atoms with Crippen molar-refractivity contribution in [2.45, 2.75) is 13.5 Å². The van der Waals surface area contributed by atoms with Crippen molar-refractivity contribution in [2.24, 2.45) is 0 Å². The maximum atomic E-state index is 5.86. The summed E-state index contributed by atoms with van der Waals surface area (Å²) in [6.07, 6.45) is 1.83. The zero-order chi connectivity index (χ0) is 11.5. The molecule has 0 aromatic carbocycles. The topological polar surface area (TPSA) is 50.7 Å². The van der Waals surface area contributed by atoms with Gasteiger partial charge >= 0.3 is 0 Å². The summed E-state index contributed by atoms with van der Waals surface area (Å²) < 4.78 is 0. The minimum atomic E-state index is 0.311. The molecule has 0 saturated carbocycles. The molecule has 0 unspecified atom stereocenters. The highest BCUT2D eigenvalue weighted by Gasteiger charge is 2.04. The van der Waals surface area contributed by atoms with Crippen LogP contribution in [-0.2, 0) is 6.54 Å². The third-order valence-corrected chi connectivity index (χ3v) is 3.22. The fourth-order valence-corrected chi connectivity index (χ4v) is 2.19. The first-order valence-electron chi connectivity index (χ1n) is 4.49. The predicted octanol–water partition coefficient (Wildman–Crippen LogP) is 3.16. The maximum Gasteiger partial charge on any atom is 0.174 e. The van der Waals surface area contributed by atoms with Gasteiger partial charge in [-0.3, -0.25) is 0 Å². The Balaban J connectivity index is 2.07. The lowest BCUT2D eigenvalue weighted by Crippen LogP contribution is -2.00. The Morgan fingerprint density at radius 3 is 2.88 bits per heavy atom. The summed E-state index contributed by atoms with van der Waals surface area (Å²) in [5.74, 6) is 0. The summed E-state index contributed by atoms with van der Waals surface area (Å²) >= 11 is 13.2. The van der Waals surface area contributed by atoms with Crippen LogP contribution in [0.2, 0.25) is 10.3 Å². The number of nitrogens with zero attached hydrogens (tertiary/aromatic N) is 3. The second-order valence-corrected chi connectivity index (χ2v) is 5.14. The molecule has 0 bridgehead atoms. The third-order valence-electron chi connectivity index (χ3n) is 1.84. The fourth-order valence-electron chi connectivity index (χ4n) is 1.15. The molecule has 4 nitrogen and oxygen atoms in total. The molecule has 84 valence electrons. The fraction of sp³-hybridized carbons (Fsp3) is 0.222. The van der Waals surface area contributed by atoms with Crippen molar-refractivity contribution in [2.75, 3.05) is 5.32 Å². The van der Waals surface area contributed by atoms with Crippen LogP contribution < -0.4 is 5.32 Å². The molecule has 0 fully saturated rings. The normalized spacial score (nSPS) is 10.4. The Morgan fingerprint density at radius 1 is 1.38 bits per heavy atom. The lowest BCUT2D eigenvalue weighted by molar-refractivity contribution is 1.02. The van der Waals surface area contributed by atoms with E-state index >= 15 is 0 Å². The number of anilines is 1. The van der Waals surface area contributed by atoms with Gasteiger partial charge in [0.05, 0.1) is 17.2 Å². The lowest BCUT2D eigenvalue weighted by atomic mass is 10.4. The largest absolute Gasteiger partial charge is 0.377 e. The smallest absolute Gasteiger partial charge is 0.174 e. The van der Waals surface area contributed by atoms with Gasteiger partial charge in [0.25, 0.3) is 0 Å². The number of hydrogen-bond acceptors (Lipinski definition) is 5. The number of aromatic nitrogens is 3. The molecule has 2 heterocycles. The molecule has 0 aliphatic heterocycles. The molecular weight excluding hydrogens is 267 g/mol. The number of rotatable bonds is 3. The van der Waals surface area contributed by atoms with Crippen LogP contribution in [0, 0.1) is 6.92 Å². The van der Waals surface area contributed by atoms with Gasteiger partial charge in [-0.1, -0.05) is 23.2 Å². The zero-order valence-corrected chi connectivity index (χ0v) is 10.7. The molecule has 0 amide bonds. The molecule has 0 radical (unpaired) electrons. The van der Waals surface area contributed by atoms with Crippen LogP contribution in [0.4, 0.5) is 5.69 Å². The molecule has 0 spiro atoms. The van der Waals surface area contributed by atoms with Crippen molar-refractivity contribution in [3.05, 3.63) is 32.5 Å². The predicted molar refractivity (Wildman–Crippen MR) is 66.2 cm³/mol. The number of hydrogen-bond donors (Lipinski definition) is 1. The Kier molecular flexibility index (Phi) is 3.58. The van der Waals surface area contributed by atoms with E-state index in [1.807, 2.05) is 13.1 Å². The van der Waals surface area contributed by atoms with Gasteiger partial charge in [0.1, 0.15) is 0 Å². The van der Waals surface area contributed by atoms with E-state index in [4.69, 9.17) is 23.2 Å². The van der Waals surface area contributed by atoms with Gasteiger partial charge in [0.2, 0.25) is 0 Å². The van der Waals surface area contributed by atoms with Crippen LogP contribution >= 0.6 is 34.5 Å². The van der Waals surface area contributed by atoms with E-state index in [0.717, 1.165) is 9.88 Å². The van der Waals surface area contributed by atoms with Gasteiger partial charge < -0.3 is 5.32 Å². The van der Waals surface area contributed by atoms with Gasteiger partial charge in [-0.15, -0.1) is 21.5 Å². The summed E-state index contributed by atoms with van der Waals surface area (Å²) in [7, 11) is 0. The second-order valence-electron chi connectivity index (χ2n) is 3.07. The highest BCUT2D eigenvalue weighted by Crippen LogP contribution is 2.22. The molecule has 1 N–H and O–H groups in total. The standard InChI is InChI=1S/C9H8Cl2N4S/c1-5-12-3-6(16-5)4-13-7-2-8(10)14-15-9(7)11/h2-3H,4H2,1H3,(H,13,14). The summed E-state index contributed by atoms with van der Waals surface area (Å²) in [6, 6.07) is 1.64. The molecule has 7 heteroatoms. The van der Waals surface area contributed by atoms with Gasteiger partial charge in [0.15, 0.2) is 10.3 Å². The Morgan fingerprint density at radius 2 is 2.19 bits per heavy atom. The van der Waals surface area contributed by atoms with Gasteiger partial charge in [-0.2, -0.15) is 0 Å². The van der Waals surface area contributed by atoms with E-state index in [0.29, 0.717) is 22.5 Å². The van der Waals surface area contributed by atoms with E-state index in [2.05, 4.69) is 20.5 Å². The monoisotopic (exact) mass is 274 g/mol. The molecule has 2 aromatic heterocycles. The average Bonchev–Trinajstić information content (AvgIpc) is 2.66. The van der Waals surface area contributed by atoms with Crippen molar-refractivity contribution in [3.63, 3.8) is 0 Å². The van der Waals surface area contributed by atoms with Crippen LogP contribution in [0.3, 0.4) is 0 Å². The first kappa shape index (κ1) is 11.6. The van der Waals surface area contributed by atoms with Gasteiger partial charge in [0, 0.05) is 17.1 Å². The number of aryl methyl sites for hydroxylation is 1. The molecule has 0 aliphatic rings. The zero-order valence-electron chi connectivity index (χ0n) is 8.37. The number of thiazole rings is 1. The molecule has 2 aromatic rings. The summed E-state index contributed by atoms with van der Waals surface area (Å²) in [6.45, 7) is 2.61. The quantitative estimate of drug-likeness (QED) is 0.934. The van der Waals surface area contributed by atoms with E-state index in [1.54, 1.807) is 17.4 Å². The lowest BCUT2D eigenvalue weighted by Gasteiger charge is -2.05. The maximum absolute atomic E-state index is 5.86. The highest BCUT2D eigenvalue weighted by atomic mass is 35.5. The third kappa shape index (κ3) is 2.81. The van der Waals surface area contributed by atoms with Gasteiger partial charge in [-0.05, 0) is 6.92 Å². The van der Waals surface area contributed by atoms with Crippen molar-refractivity contribution in [1.82, 2.24) is 15.2 Å². The van der Waals surface area contributed by atoms with Crippen molar-refractivity contribution in [1.29, 1.82) is 0 Å². The summed E-state index contributed by atoms with van der Waals surface area (Å²) in [4.78, 5) is 5.29. The van der Waals surface area contributed by atoms with Crippen LogP contribution in [-0.4, -0.2) is 15.2 Å². The first-order valence-corrected chi connectivity index (χ1v) is 6.06. The Bertz CT molecular complexity index is 500. The van der Waals surface area contributed by atoms with Gasteiger partial charge in [-0.25, -0.2) is 4.98 Å². The molecule has 0 aliphatic carbocycles. The highest BCUT2D eigenvalue weighted by molar-refractivity contribution is 7.11. The summed E-state index contributed by atoms with van der Waals surface area (Å²) in [5, 5.41) is 12.1. The van der Waals surface area contributed by atoms with Crippen LogP contribution in [0.25, 0.3) is 0 Å². The first-order chi connectivity index (χ1) is 7.65. The number of halogens is 2. The van der Waals surface area contributed by atoms with Crippen LogP contribution in [0.1, 0.15) is 9.88 Å². The van der Waals surface area contributed by atoms with Crippen molar-refractivity contribution in [3.8, 4) is 0 Å². The molecule has 2 rings (SSSR count). The van der Waals surface area contributed by atoms with E-state index in [1.165, 1.54) is 0 Å². The molecule has 16 heavy (non-hydrogen) atoms. The minimum absolute atomic E-state index is 0.311. The Labute approximate surface area is 107 Å². The molecular formula is C9H8Cl2N4S. The SMILES string of the molecule is Cc1ncc(CNc2cc(Cl)nnc2Cl)s1. The van der Waals surface area contributed by atoms with Crippen molar-refractivity contribution < 1.29 is 0 Å². The van der Waals surface area contributed by atoms with E-state index < -0.39 is 0 Å². The van der Waals surface area contributed by atoms with E-state index in [-0.39, 0.29) is 0 Å². The van der Waals surface area contributed by atoms with E-state index in [9.17, 15) is 0 Å².